The van der Waals surface area contributed by atoms with Gasteiger partial charge in [-0.25, -0.2) is 0 Å². The minimum absolute atomic E-state index is 0.206. The third-order valence-corrected chi connectivity index (χ3v) is 4.33. The van der Waals surface area contributed by atoms with Crippen LogP contribution in [-0.2, 0) is 0 Å². The third kappa shape index (κ3) is 2.06. The summed E-state index contributed by atoms with van der Waals surface area (Å²) >= 11 is 1.70. The lowest BCUT2D eigenvalue weighted by molar-refractivity contribution is 0.102. The van der Waals surface area contributed by atoms with Crippen molar-refractivity contribution in [3.05, 3.63) is 21.9 Å². The van der Waals surface area contributed by atoms with Gasteiger partial charge in [0.2, 0.25) is 0 Å². The minimum Gasteiger partial charge on any atom is -0.294 e. The van der Waals surface area contributed by atoms with Gasteiger partial charge in [-0.3, -0.25) is 4.79 Å². The summed E-state index contributed by atoms with van der Waals surface area (Å²) in [5.41, 5.74) is 0. The zero-order valence-corrected chi connectivity index (χ0v) is 9.40. The monoisotopic (exact) mass is 208 g/mol. The molecular formula is C12H16OS. The first-order valence-corrected chi connectivity index (χ1v) is 6.19. The number of carbonyl (C=O) groups is 1. The predicted molar refractivity (Wildman–Crippen MR) is 60.1 cm³/mol. The standard InChI is InChI=1S/C12H16OS/c1-9(13)11-7-8-12(14-11)10-5-3-2-4-6-10/h7-8,10H,2-6H2,1H3. The van der Waals surface area contributed by atoms with E-state index in [2.05, 4.69) is 6.07 Å². The Morgan fingerprint density at radius 2 is 2.00 bits per heavy atom. The second kappa shape index (κ2) is 4.26. The highest BCUT2D eigenvalue weighted by Gasteiger charge is 2.17. The molecule has 1 aromatic heterocycles. The van der Waals surface area contributed by atoms with Gasteiger partial charge in [0.05, 0.1) is 4.88 Å². The predicted octanol–water partition coefficient (Wildman–Crippen LogP) is 4.00. The van der Waals surface area contributed by atoms with E-state index < -0.39 is 0 Å². The lowest BCUT2D eigenvalue weighted by atomic mass is 9.88. The summed E-state index contributed by atoms with van der Waals surface area (Å²) in [6.07, 6.45) is 6.74. The largest absolute Gasteiger partial charge is 0.294 e. The normalized spacial score (nSPS) is 18.4. The molecule has 2 rings (SSSR count). The van der Waals surface area contributed by atoms with Crippen LogP contribution in [-0.4, -0.2) is 5.78 Å². The molecule has 0 bridgehead atoms. The lowest BCUT2D eigenvalue weighted by Gasteiger charge is -2.19. The first kappa shape index (κ1) is 9.91. The quantitative estimate of drug-likeness (QED) is 0.671. The smallest absolute Gasteiger partial charge is 0.169 e. The molecular weight excluding hydrogens is 192 g/mol. The highest BCUT2D eigenvalue weighted by Crippen LogP contribution is 2.36. The molecule has 0 amide bonds. The molecule has 0 spiro atoms. The average molecular weight is 208 g/mol. The van der Waals surface area contributed by atoms with E-state index in [1.54, 1.807) is 18.3 Å². The van der Waals surface area contributed by atoms with Crippen LogP contribution in [0.2, 0.25) is 0 Å². The Balaban J connectivity index is 2.11. The molecule has 0 aliphatic heterocycles. The SMILES string of the molecule is CC(=O)c1ccc(C2CCCCC2)s1. The molecule has 2 heteroatoms. The number of rotatable bonds is 2. The molecule has 1 aromatic rings. The van der Waals surface area contributed by atoms with Crippen molar-refractivity contribution in [2.75, 3.05) is 0 Å². The van der Waals surface area contributed by atoms with Gasteiger partial charge in [0.1, 0.15) is 0 Å². The van der Waals surface area contributed by atoms with Crippen molar-refractivity contribution in [1.29, 1.82) is 0 Å². The van der Waals surface area contributed by atoms with E-state index in [-0.39, 0.29) is 5.78 Å². The van der Waals surface area contributed by atoms with Gasteiger partial charge < -0.3 is 0 Å². The molecule has 0 saturated heterocycles. The van der Waals surface area contributed by atoms with Crippen LogP contribution in [0.5, 0.6) is 0 Å². The number of thiophene rings is 1. The molecule has 1 saturated carbocycles. The van der Waals surface area contributed by atoms with E-state index in [0.717, 1.165) is 10.8 Å². The molecule has 0 radical (unpaired) electrons. The maximum atomic E-state index is 11.2. The summed E-state index contributed by atoms with van der Waals surface area (Å²) in [5.74, 6) is 0.943. The molecule has 1 heterocycles. The Morgan fingerprint density at radius 1 is 1.29 bits per heavy atom. The minimum atomic E-state index is 0.206. The molecule has 1 nitrogen and oxygen atoms in total. The average Bonchev–Trinajstić information content (AvgIpc) is 2.68. The second-order valence-corrected chi connectivity index (χ2v) is 5.21. The van der Waals surface area contributed by atoms with Crippen LogP contribution >= 0.6 is 11.3 Å². The molecule has 1 aliphatic rings. The summed E-state index contributed by atoms with van der Waals surface area (Å²) in [6, 6.07) is 4.13. The zero-order chi connectivity index (χ0) is 9.97. The first-order valence-electron chi connectivity index (χ1n) is 5.38. The fourth-order valence-electron chi connectivity index (χ4n) is 2.15. The van der Waals surface area contributed by atoms with Crippen molar-refractivity contribution in [3.63, 3.8) is 0 Å². The van der Waals surface area contributed by atoms with Crippen LogP contribution < -0.4 is 0 Å². The van der Waals surface area contributed by atoms with E-state index in [4.69, 9.17) is 0 Å². The van der Waals surface area contributed by atoms with Crippen molar-refractivity contribution in [1.82, 2.24) is 0 Å². The van der Waals surface area contributed by atoms with Crippen LogP contribution in [0.3, 0.4) is 0 Å². The summed E-state index contributed by atoms with van der Waals surface area (Å²) < 4.78 is 0. The van der Waals surface area contributed by atoms with Gasteiger partial charge in [-0.05, 0) is 37.8 Å². The Hall–Kier alpha value is -0.630. The topological polar surface area (TPSA) is 17.1 Å². The van der Waals surface area contributed by atoms with E-state index in [9.17, 15) is 4.79 Å². The highest BCUT2D eigenvalue weighted by molar-refractivity contribution is 7.14. The van der Waals surface area contributed by atoms with Crippen LogP contribution in [0.25, 0.3) is 0 Å². The number of hydrogen-bond donors (Lipinski definition) is 0. The summed E-state index contributed by atoms with van der Waals surface area (Å²) in [5, 5.41) is 0. The number of ketones is 1. The lowest BCUT2D eigenvalue weighted by Crippen LogP contribution is -2.02. The zero-order valence-electron chi connectivity index (χ0n) is 8.58. The maximum absolute atomic E-state index is 11.2. The highest BCUT2D eigenvalue weighted by atomic mass is 32.1. The summed E-state index contributed by atoms with van der Waals surface area (Å²) in [7, 11) is 0. The van der Waals surface area contributed by atoms with Crippen molar-refractivity contribution >= 4 is 17.1 Å². The summed E-state index contributed by atoms with van der Waals surface area (Å²) in [6.45, 7) is 1.65. The van der Waals surface area contributed by atoms with Gasteiger partial charge in [-0.1, -0.05) is 19.3 Å². The van der Waals surface area contributed by atoms with E-state index in [1.165, 1.54) is 37.0 Å². The number of carbonyl (C=O) groups excluding carboxylic acids is 1. The van der Waals surface area contributed by atoms with Crippen LogP contribution in [0.4, 0.5) is 0 Å². The van der Waals surface area contributed by atoms with Gasteiger partial charge in [0.25, 0.3) is 0 Å². The van der Waals surface area contributed by atoms with E-state index in [1.807, 2.05) is 6.07 Å². The van der Waals surface area contributed by atoms with Crippen molar-refractivity contribution in [2.24, 2.45) is 0 Å². The van der Waals surface area contributed by atoms with Gasteiger partial charge >= 0.3 is 0 Å². The molecule has 0 atom stereocenters. The number of hydrogen-bond acceptors (Lipinski definition) is 2. The van der Waals surface area contributed by atoms with Crippen molar-refractivity contribution < 1.29 is 4.79 Å². The van der Waals surface area contributed by atoms with Crippen molar-refractivity contribution in [2.45, 2.75) is 44.9 Å². The molecule has 76 valence electrons. The molecule has 0 aromatic carbocycles. The van der Waals surface area contributed by atoms with Gasteiger partial charge in [-0.2, -0.15) is 0 Å². The Labute approximate surface area is 89.1 Å². The second-order valence-electron chi connectivity index (χ2n) is 4.09. The molecule has 1 fully saturated rings. The molecule has 14 heavy (non-hydrogen) atoms. The van der Waals surface area contributed by atoms with Crippen LogP contribution in [0, 0.1) is 0 Å². The molecule has 1 aliphatic carbocycles. The van der Waals surface area contributed by atoms with Gasteiger partial charge in [0, 0.05) is 4.88 Å². The van der Waals surface area contributed by atoms with Crippen molar-refractivity contribution in [3.8, 4) is 0 Å². The fraction of sp³-hybridized carbons (Fsp3) is 0.583. The fourth-order valence-corrected chi connectivity index (χ4v) is 3.22. The third-order valence-electron chi connectivity index (χ3n) is 2.98. The van der Waals surface area contributed by atoms with E-state index in [0.29, 0.717) is 0 Å². The van der Waals surface area contributed by atoms with Gasteiger partial charge in [-0.15, -0.1) is 11.3 Å². The first-order chi connectivity index (χ1) is 6.77. The molecule has 0 unspecified atom stereocenters. The van der Waals surface area contributed by atoms with Gasteiger partial charge in [0.15, 0.2) is 5.78 Å². The number of Topliss-reactive ketones (excluding diaryl/α,β-unsaturated/α-hetero) is 1. The Bertz CT molecular complexity index is 321. The Morgan fingerprint density at radius 3 is 2.57 bits per heavy atom. The summed E-state index contributed by atoms with van der Waals surface area (Å²) in [4.78, 5) is 13.5. The van der Waals surface area contributed by atoms with Crippen LogP contribution in [0.15, 0.2) is 12.1 Å². The molecule has 0 N–H and O–H groups in total. The van der Waals surface area contributed by atoms with Crippen LogP contribution in [0.1, 0.15) is 59.5 Å². The Kier molecular flexibility index (Phi) is 3.02. The maximum Gasteiger partial charge on any atom is 0.169 e. The van der Waals surface area contributed by atoms with E-state index >= 15 is 0 Å².